The molecule has 11 nitrogen and oxygen atoms in total. The number of fused-ring (bicyclic) bond motifs is 1. The molecule has 3 N–H and O–H groups in total. The highest BCUT2D eigenvalue weighted by Gasteiger charge is 2.21. The van der Waals surface area contributed by atoms with Crippen LogP contribution < -0.4 is 11.1 Å². The predicted octanol–water partition coefficient (Wildman–Crippen LogP) is 1.04. The summed E-state index contributed by atoms with van der Waals surface area (Å²) in [5.74, 6) is -1.55. The highest BCUT2D eigenvalue weighted by Crippen LogP contribution is 2.21. The van der Waals surface area contributed by atoms with Gasteiger partial charge in [0, 0.05) is 29.3 Å². The zero-order chi connectivity index (χ0) is 21.1. The van der Waals surface area contributed by atoms with Crippen LogP contribution in [0.25, 0.3) is 5.65 Å². The van der Waals surface area contributed by atoms with Gasteiger partial charge in [0.1, 0.15) is 5.56 Å². The lowest BCUT2D eigenvalue weighted by Gasteiger charge is -2.11. The molecule has 0 fully saturated rings. The van der Waals surface area contributed by atoms with E-state index >= 15 is 0 Å². The molecule has 0 aromatic carbocycles. The molecule has 0 atom stereocenters. The van der Waals surface area contributed by atoms with E-state index in [1.165, 1.54) is 10.7 Å². The van der Waals surface area contributed by atoms with Crippen LogP contribution in [0.1, 0.15) is 51.1 Å². The number of hydrogen-bond donors (Lipinski definition) is 2. The van der Waals surface area contributed by atoms with Crippen molar-refractivity contribution in [1.29, 1.82) is 0 Å². The third-order valence-corrected chi connectivity index (χ3v) is 4.93. The second-order valence-electron chi connectivity index (χ2n) is 6.14. The van der Waals surface area contributed by atoms with Gasteiger partial charge in [-0.3, -0.25) is 9.59 Å². The molecular formula is C17H19N7O4S. The first-order valence-corrected chi connectivity index (χ1v) is 9.53. The Balaban J connectivity index is 1.74. The van der Waals surface area contributed by atoms with E-state index in [2.05, 4.69) is 25.0 Å². The molecule has 0 aliphatic carbocycles. The number of carbonyl (C=O) groups is 3. The number of aryl methyl sites for hydroxylation is 2. The normalized spacial score (nSPS) is 10.9. The number of carbonyl (C=O) groups excluding carboxylic acids is 3. The van der Waals surface area contributed by atoms with Gasteiger partial charge in [0.05, 0.1) is 12.8 Å². The second-order valence-corrected chi connectivity index (χ2v) is 6.89. The Morgan fingerprint density at radius 3 is 2.76 bits per heavy atom. The molecule has 3 heterocycles. The lowest BCUT2D eigenvalue weighted by molar-refractivity contribution is -0.116. The van der Waals surface area contributed by atoms with E-state index in [1.54, 1.807) is 13.8 Å². The molecule has 0 bridgehead atoms. The van der Waals surface area contributed by atoms with Crippen molar-refractivity contribution in [2.75, 3.05) is 11.9 Å². The minimum absolute atomic E-state index is 0.0174. The van der Waals surface area contributed by atoms with Crippen LogP contribution in [-0.2, 0) is 16.0 Å². The molecule has 0 saturated carbocycles. The smallest absolute Gasteiger partial charge is 0.362 e. The van der Waals surface area contributed by atoms with E-state index in [1.807, 2.05) is 6.92 Å². The van der Waals surface area contributed by atoms with Gasteiger partial charge < -0.3 is 15.8 Å². The van der Waals surface area contributed by atoms with E-state index in [0.29, 0.717) is 17.8 Å². The average Bonchev–Trinajstić information content (AvgIpc) is 3.28. The van der Waals surface area contributed by atoms with Crippen LogP contribution in [-0.4, -0.2) is 48.6 Å². The number of esters is 1. The van der Waals surface area contributed by atoms with Gasteiger partial charge >= 0.3 is 5.97 Å². The molecule has 0 radical (unpaired) electrons. The highest BCUT2D eigenvalue weighted by atomic mass is 32.1. The zero-order valence-electron chi connectivity index (χ0n) is 16.1. The molecule has 3 aromatic rings. The summed E-state index contributed by atoms with van der Waals surface area (Å²) in [6.07, 6.45) is 1.90. The van der Waals surface area contributed by atoms with E-state index in [4.69, 9.17) is 10.5 Å². The van der Waals surface area contributed by atoms with Gasteiger partial charge in [0.25, 0.3) is 5.91 Å². The molecular weight excluding hydrogens is 398 g/mol. The molecule has 3 aromatic heterocycles. The molecule has 0 aliphatic rings. The third-order valence-electron chi connectivity index (χ3n) is 4.29. The maximum Gasteiger partial charge on any atom is 0.362 e. The topological polar surface area (TPSA) is 154 Å². The molecule has 2 amide bonds. The van der Waals surface area contributed by atoms with Gasteiger partial charge in [-0.2, -0.15) is 5.10 Å². The molecule has 0 unspecified atom stereocenters. The number of nitrogens with zero attached hydrogens (tertiary/aromatic N) is 5. The van der Waals surface area contributed by atoms with Crippen LogP contribution in [0.15, 0.2) is 6.20 Å². The van der Waals surface area contributed by atoms with E-state index in [0.717, 1.165) is 22.8 Å². The summed E-state index contributed by atoms with van der Waals surface area (Å²) in [6, 6.07) is 0. The third kappa shape index (κ3) is 4.06. The number of primary amides is 1. The quantitative estimate of drug-likeness (QED) is 0.540. The van der Waals surface area contributed by atoms with E-state index < -0.39 is 11.9 Å². The second kappa shape index (κ2) is 8.31. The minimum atomic E-state index is -0.637. The summed E-state index contributed by atoms with van der Waals surface area (Å²) >= 11 is 0.903. The van der Waals surface area contributed by atoms with Crippen molar-refractivity contribution >= 4 is 40.0 Å². The van der Waals surface area contributed by atoms with E-state index in [9.17, 15) is 14.4 Å². The van der Waals surface area contributed by atoms with Crippen molar-refractivity contribution < 1.29 is 19.1 Å². The number of nitrogens with two attached hydrogens (primary N) is 1. The number of hydrogen-bond acceptors (Lipinski definition) is 9. The fraction of sp³-hybridized carbons (Fsp3) is 0.353. The van der Waals surface area contributed by atoms with Gasteiger partial charge in [0.15, 0.2) is 10.6 Å². The van der Waals surface area contributed by atoms with Gasteiger partial charge in [-0.25, -0.2) is 14.3 Å². The van der Waals surface area contributed by atoms with Crippen molar-refractivity contribution in [2.24, 2.45) is 5.73 Å². The fourth-order valence-corrected chi connectivity index (χ4v) is 3.45. The summed E-state index contributed by atoms with van der Waals surface area (Å²) in [5.41, 5.74) is 8.23. The number of amides is 2. The lowest BCUT2D eigenvalue weighted by atomic mass is 10.1. The standard InChI is InChI=1S/C17H19N7O4S/c1-4-28-17(27)13-16(29-23-22-13)21-12(25)6-5-10-8(2)20-15-11(14(18)26)7-19-24(15)9(10)3/h7H,4-6H2,1-3H3,(H2,18,26)(H,21,25). The monoisotopic (exact) mass is 417 g/mol. The predicted molar refractivity (Wildman–Crippen MR) is 104 cm³/mol. The summed E-state index contributed by atoms with van der Waals surface area (Å²) in [6.45, 7) is 5.50. The van der Waals surface area contributed by atoms with Gasteiger partial charge in [-0.1, -0.05) is 4.49 Å². The van der Waals surface area contributed by atoms with Crippen LogP contribution in [0.4, 0.5) is 5.00 Å². The minimum Gasteiger partial charge on any atom is -0.461 e. The molecule has 0 spiro atoms. The van der Waals surface area contributed by atoms with Crippen molar-refractivity contribution in [3.63, 3.8) is 0 Å². The van der Waals surface area contributed by atoms with Crippen LogP contribution >= 0.6 is 11.5 Å². The Kier molecular flexibility index (Phi) is 5.82. The summed E-state index contributed by atoms with van der Waals surface area (Å²) in [4.78, 5) is 40.1. The average molecular weight is 417 g/mol. The van der Waals surface area contributed by atoms with Crippen molar-refractivity contribution in [3.05, 3.63) is 34.4 Å². The number of ether oxygens (including phenoxy) is 1. The number of anilines is 1. The first-order chi connectivity index (χ1) is 13.8. The Hall–Kier alpha value is -3.41. The zero-order valence-corrected chi connectivity index (χ0v) is 16.9. The maximum atomic E-state index is 12.4. The summed E-state index contributed by atoms with van der Waals surface area (Å²) in [5, 5.41) is 10.8. The maximum absolute atomic E-state index is 12.4. The molecule has 12 heteroatoms. The van der Waals surface area contributed by atoms with Gasteiger partial charge in [0.2, 0.25) is 11.6 Å². The van der Waals surface area contributed by atoms with Crippen LogP contribution in [0, 0.1) is 13.8 Å². The van der Waals surface area contributed by atoms with E-state index in [-0.39, 0.29) is 35.2 Å². The highest BCUT2D eigenvalue weighted by molar-refractivity contribution is 7.10. The number of aromatic nitrogens is 5. The SMILES string of the molecule is CCOC(=O)c1nnsc1NC(=O)CCc1c(C)nc2c(C(N)=O)cnn2c1C. The lowest BCUT2D eigenvalue weighted by Crippen LogP contribution is -2.16. The van der Waals surface area contributed by atoms with Crippen LogP contribution in [0.3, 0.4) is 0 Å². The Labute approximate surface area is 169 Å². The molecule has 29 heavy (non-hydrogen) atoms. The fourth-order valence-electron chi connectivity index (χ4n) is 2.88. The summed E-state index contributed by atoms with van der Waals surface area (Å²) in [7, 11) is 0. The van der Waals surface area contributed by atoms with Crippen molar-refractivity contribution in [1.82, 2.24) is 24.2 Å². The first kappa shape index (κ1) is 20.3. The number of rotatable bonds is 7. The Bertz CT molecular complexity index is 1100. The molecule has 0 saturated heterocycles. The van der Waals surface area contributed by atoms with Crippen molar-refractivity contribution in [2.45, 2.75) is 33.6 Å². The van der Waals surface area contributed by atoms with Gasteiger partial charge in [-0.05, 0) is 32.8 Å². The van der Waals surface area contributed by atoms with Crippen molar-refractivity contribution in [3.8, 4) is 0 Å². The Morgan fingerprint density at radius 1 is 1.31 bits per heavy atom. The van der Waals surface area contributed by atoms with Crippen LogP contribution in [0.2, 0.25) is 0 Å². The largest absolute Gasteiger partial charge is 0.461 e. The number of nitrogens with one attached hydrogen (secondary N) is 1. The molecule has 3 rings (SSSR count). The Morgan fingerprint density at radius 2 is 2.07 bits per heavy atom. The molecule has 152 valence electrons. The van der Waals surface area contributed by atoms with Gasteiger partial charge in [-0.15, -0.1) is 5.10 Å². The first-order valence-electron chi connectivity index (χ1n) is 8.76. The van der Waals surface area contributed by atoms with Crippen LogP contribution in [0.5, 0.6) is 0 Å². The summed E-state index contributed by atoms with van der Waals surface area (Å²) < 4.78 is 10.1. The molecule has 0 aliphatic heterocycles.